The van der Waals surface area contributed by atoms with Crippen LogP contribution in [0.5, 0.6) is 0 Å². The van der Waals surface area contributed by atoms with Gasteiger partial charge in [-0.2, -0.15) is 0 Å². The van der Waals surface area contributed by atoms with E-state index in [1.807, 2.05) is 36.6 Å². The number of rotatable bonds is 5. The van der Waals surface area contributed by atoms with E-state index < -0.39 is 0 Å². The fraction of sp³-hybridized carbons (Fsp3) is 0.263. The van der Waals surface area contributed by atoms with E-state index in [1.165, 1.54) is 11.1 Å². The lowest BCUT2D eigenvalue weighted by Gasteiger charge is -2.15. The van der Waals surface area contributed by atoms with Gasteiger partial charge >= 0.3 is 0 Å². The smallest absolute Gasteiger partial charge is 0.196 e. The molecule has 2 N–H and O–H groups in total. The molecule has 0 saturated heterocycles. The molecule has 130 valence electrons. The summed E-state index contributed by atoms with van der Waals surface area (Å²) in [5.41, 5.74) is 10.7. The van der Waals surface area contributed by atoms with Crippen LogP contribution in [0.4, 0.5) is 0 Å². The zero-order valence-electron chi connectivity index (χ0n) is 14.5. The lowest BCUT2D eigenvalue weighted by atomic mass is 10.2. The molecule has 0 unspecified atom stereocenters. The highest BCUT2D eigenvalue weighted by molar-refractivity contribution is 7.98. The minimum absolute atomic E-state index is 0.223. The number of hydrogen-bond donors (Lipinski definition) is 1. The van der Waals surface area contributed by atoms with Crippen molar-refractivity contribution in [2.24, 2.45) is 5.73 Å². The Morgan fingerprint density at radius 2 is 1.96 bits per heavy atom. The minimum atomic E-state index is -0.223. The average Bonchev–Trinajstić information content (AvgIpc) is 2.99. The molecule has 25 heavy (non-hydrogen) atoms. The minimum Gasteiger partial charge on any atom is -0.322 e. The second-order valence-electron chi connectivity index (χ2n) is 6.17. The van der Waals surface area contributed by atoms with E-state index in [0.29, 0.717) is 5.02 Å². The van der Waals surface area contributed by atoms with Gasteiger partial charge in [0.25, 0.3) is 0 Å². The molecule has 0 aliphatic heterocycles. The van der Waals surface area contributed by atoms with Gasteiger partial charge in [0, 0.05) is 10.8 Å². The molecule has 0 radical (unpaired) electrons. The van der Waals surface area contributed by atoms with Gasteiger partial charge in [0.15, 0.2) is 11.0 Å². The predicted molar refractivity (Wildman–Crippen MR) is 104 cm³/mol. The summed E-state index contributed by atoms with van der Waals surface area (Å²) in [6, 6.07) is 14.1. The number of hydrogen-bond acceptors (Lipinski definition) is 4. The molecule has 1 atom stereocenters. The SMILES string of the molecule is Cc1cccc(CSc2nnc([C@@H](C)N)n2-c2cc(Cl)ccc2C)c1. The molecular formula is C19H21ClN4S. The van der Waals surface area contributed by atoms with Crippen molar-refractivity contribution in [1.82, 2.24) is 14.8 Å². The summed E-state index contributed by atoms with van der Waals surface area (Å²) in [4.78, 5) is 0. The Balaban J connectivity index is 1.99. The molecule has 1 aromatic heterocycles. The Kier molecular flexibility index (Phi) is 5.47. The van der Waals surface area contributed by atoms with Gasteiger partial charge in [-0.05, 0) is 44.0 Å². The van der Waals surface area contributed by atoms with E-state index in [0.717, 1.165) is 28.0 Å². The van der Waals surface area contributed by atoms with Crippen molar-refractivity contribution in [3.05, 3.63) is 70.0 Å². The van der Waals surface area contributed by atoms with Gasteiger partial charge in [-0.1, -0.05) is 59.3 Å². The number of nitrogens with zero attached hydrogens (tertiary/aromatic N) is 3. The van der Waals surface area contributed by atoms with Crippen LogP contribution in [0.2, 0.25) is 5.02 Å². The molecule has 0 aliphatic rings. The molecule has 1 heterocycles. The second kappa shape index (κ2) is 7.60. The molecule has 6 heteroatoms. The summed E-state index contributed by atoms with van der Waals surface area (Å²) in [6.07, 6.45) is 0. The number of nitrogens with two attached hydrogens (primary N) is 1. The Hall–Kier alpha value is -1.82. The summed E-state index contributed by atoms with van der Waals surface area (Å²) >= 11 is 7.86. The van der Waals surface area contributed by atoms with Crippen LogP contribution < -0.4 is 5.73 Å². The second-order valence-corrected chi connectivity index (χ2v) is 7.55. The summed E-state index contributed by atoms with van der Waals surface area (Å²) in [7, 11) is 0. The fourth-order valence-electron chi connectivity index (χ4n) is 2.67. The van der Waals surface area contributed by atoms with E-state index in [-0.39, 0.29) is 6.04 Å². The van der Waals surface area contributed by atoms with Crippen LogP contribution >= 0.6 is 23.4 Å². The van der Waals surface area contributed by atoms with Gasteiger partial charge in [-0.3, -0.25) is 4.57 Å². The standard InChI is InChI=1S/C19H21ClN4S/c1-12-5-4-6-15(9-12)11-25-19-23-22-18(14(3)21)24(19)17-10-16(20)8-7-13(17)2/h4-10,14H,11,21H2,1-3H3/t14-/m1/s1. The molecule has 3 aromatic rings. The first-order chi connectivity index (χ1) is 12.0. The highest BCUT2D eigenvalue weighted by Gasteiger charge is 2.19. The van der Waals surface area contributed by atoms with Gasteiger partial charge in [-0.25, -0.2) is 0 Å². The third-order valence-corrected chi connectivity index (χ3v) is 5.16. The van der Waals surface area contributed by atoms with E-state index in [2.05, 4.69) is 41.4 Å². The van der Waals surface area contributed by atoms with Crippen molar-refractivity contribution in [2.45, 2.75) is 37.7 Å². The fourth-order valence-corrected chi connectivity index (χ4v) is 3.73. The zero-order valence-corrected chi connectivity index (χ0v) is 16.1. The van der Waals surface area contributed by atoms with Gasteiger partial charge < -0.3 is 5.73 Å². The van der Waals surface area contributed by atoms with Crippen molar-refractivity contribution >= 4 is 23.4 Å². The number of halogens is 1. The number of aromatic nitrogens is 3. The number of benzene rings is 2. The first-order valence-electron chi connectivity index (χ1n) is 8.11. The van der Waals surface area contributed by atoms with Crippen LogP contribution in [-0.2, 0) is 5.75 Å². The third kappa shape index (κ3) is 4.06. The van der Waals surface area contributed by atoms with Gasteiger partial charge in [-0.15, -0.1) is 10.2 Å². The van der Waals surface area contributed by atoms with Crippen LogP contribution in [0.1, 0.15) is 35.5 Å². The van der Waals surface area contributed by atoms with Gasteiger partial charge in [0.1, 0.15) is 0 Å². The topological polar surface area (TPSA) is 56.7 Å². The van der Waals surface area contributed by atoms with Crippen LogP contribution in [0.25, 0.3) is 5.69 Å². The van der Waals surface area contributed by atoms with Crippen LogP contribution in [0.15, 0.2) is 47.6 Å². The zero-order chi connectivity index (χ0) is 18.0. The van der Waals surface area contributed by atoms with E-state index in [1.54, 1.807) is 11.8 Å². The maximum atomic E-state index is 6.22. The largest absolute Gasteiger partial charge is 0.322 e. The van der Waals surface area contributed by atoms with E-state index in [9.17, 15) is 0 Å². The summed E-state index contributed by atoms with van der Waals surface area (Å²) in [5, 5.41) is 10.2. The maximum Gasteiger partial charge on any atom is 0.196 e. The molecule has 0 amide bonds. The van der Waals surface area contributed by atoms with Crippen molar-refractivity contribution in [3.63, 3.8) is 0 Å². The molecule has 0 aliphatic carbocycles. The van der Waals surface area contributed by atoms with Gasteiger partial charge in [0.2, 0.25) is 0 Å². The summed E-state index contributed by atoms with van der Waals surface area (Å²) in [5.74, 6) is 1.55. The average molecular weight is 373 g/mol. The monoisotopic (exact) mass is 372 g/mol. The lowest BCUT2D eigenvalue weighted by molar-refractivity contribution is 0.703. The predicted octanol–water partition coefficient (Wildman–Crippen LogP) is 4.85. The first kappa shape index (κ1) is 18.0. The molecule has 0 spiro atoms. The van der Waals surface area contributed by atoms with Crippen molar-refractivity contribution in [3.8, 4) is 5.69 Å². The Morgan fingerprint density at radius 1 is 1.16 bits per heavy atom. The summed E-state index contributed by atoms with van der Waals surface area (Å²) in [6.45, 7) is 6.06. The molecular weight excluding hydrogens is 352 g/mol. The van der Waals surface area contributed by atoms with Crippen molar-refractivity contribution in [2.75, 3.05) is 0 Å². The molecule has 4 nitrogen and oxygen atoms in total. The number of aryl methyl sites for hydroxylation is 2. The Morgan fingerprint density at radius 3 is 2.68 bits per heavy atom. The molecule has 0 saturated carbocycles. The Bertz CT molecular complexity index is 889. The third-order valence-electron chi connectivity index (χ3n) is 3.93. The van der Waals surface area contributed by atoms with Crippen LogP contribution in [0, 0.1) is 13.8 Å². The van der Waals surface area contributed by atoms with Crippen molar-refractivity contribution in [1.29, 1.82) is 0 Å². The molecule has 0 fully saturated rings. The quantitative estimate of drug-likeness (QED) is 0.650. The summed E-state index contributed by atoms with van der Waals surface area (Å²) < 4.78 is 2.02. The van der Waals surface area contributed by atoms with Crippen LogP contribution in [0.3, 0.4) is 0 Å². The maximum absolute atomic E-state index is 6.22. The van der Waals surface area contributed by atoms with Crippen molar-refractivity contribution < 1.29 is 0 Å². The molecule has 3 rings (SSSR count). The first-order valence-corrected chi connectivity index (χ1v) is 9.48. The highest BCUT2D eigenvalue weighted by Crippen LogP contribution is 2.30. The van der Waals surface area contributed by atoms with E-state index in [4.69, 9.17) is 17.3 Å². The molecule has 0 bridgehead atoms. The Labute approximate surface area is 157 Å². The normalized spacial score (nSPS) is 12.4. The molecule has 2 aromatic carbocycles. The van der Waals surface area contributed by atoms with Crippen LogP contribution in [-0.4, -0.2) is 14.8 Å². The van der Waals surface area contributed by atoms with Gasteiger partial charge in [0.05, 0.1) is 11.7 Å². The lowest BCUT2D eigenvalue weighted by Crippen LogP contribution is -2.13. The highest BCUT2D eigenvalue weighted by atomic mass is 35.5. The van der Waals surface area contributed by atoms with E-state index >= 15 is 0 Å². The number of thioether (sulfide) groups is 1.